The highest BCUT2D eigenvalue weighted by molar-refractivity contribution is 7.99. The minimum atomic E-state index is -0.296. The van der Waals surface area contributed by atoms with Gasteiger partial charge in [-0.2, -0.15) is 0 Å². The number of thioether (sulfide) groups is 1. The molecule has 0 bridgehead atoms. The van der Waals surface area contributed by atoms with Crippen molar-refractivity contribution in [3.05, 3.63) is 125 Å². The molecule has 1 aliphatic carbocycles. The predicted octanol–water partition coefficient (Wildman–Crippen LogP) is 7.73. The number of aromatic nitrogens is 1. The fourth-order valence-electron chi connectivity index (χ4n) is 5.47. The summed E-state index contributed by atoms with van der Waals surface area (Å²) >= 11 is 1.92. The molecule has 0 amide bonds. The molecule has 0 saturated carbocycles. The van der Waals surface area contributed by atoms with Gasteiger partial charge in [-0.3, -0.25) is 4.98 Å². The van der Waals surface area contributed by atoms with Crippen molar-refractivity contribution in [1.82, 2.24) is 4.98 Å². The number of benzene rings is 3. The maximum atomic E-state index is 11.0. The molecule has 0 saturated heterocycles. The summed E-state index contributed by atoms with van der Waals surface area (Å²) in [6.45, 7) is 5.80. The highest BCUT2D eigenvalue weighted by Crippen LogP contribution is 2.39. The van der Waals surface area contributed by atoms with E-state index in [9.17, 15) is 5.11 Å². The third kappa shape index (κ3) is 6.67. The molecule has 2 atom stereocenters. The lowest BCUT2D eigenvalue weighted by atomic mass is 9.94. The normalized spacial score (nSPS) is 16.4. The van der Waals surface area contributed by atoms with Crippen LogP contribution in [0.5, 0.6) is 0 Å². The van der Waals surface area contributed by atoms with Gasteiger partial charge in [-0.25, -0.2) is 0 Å². The van der Waals surface area contributed by atoms with Crippen LogP contribution in [0.25, 0.3) is 0 Å². The van der Waals surface area contributed by atoms with Crippen LogP contribution in [0.15, 0.2) is 95.9 Å². The molecule has 0 spiro atoms. The second-order valence-electron chi connectivity index (χ2n) is 10.4. The van der Waals surface area contributed by atoms with E-state index in [2.05, 4.69) is 96.8 Å². The van der Waals surface area contributed by atoms with Crippen LogP contribution in [-0.2, 0) is 25.9 Å². The second-order valence-corrected chi connectivity index (χ2v) is 11.5. The molecule has 196 valence electrons. The third-order valence-electron chi connectivity index (χ3n) is 7.56. The first-order chi connectivity index (χ1) is 18.6. The average Bonchev–Trinajstić information content (AvgIpc) is 3.25. The Morgan fingerprint density at radius 1 is 0.895 bits per heavy atom. The standard InChI is InChI=1S/C34H38N2OS/c1-3-26-14-18-31(19-15-26)38-20-8-13-32-33-22-30(17-16-28(33)21-34(32)37)36(23-27-10-5-4-6-11-27)24-29-12-7-9-25(2)35-29/h4-7,9-12,14-19,22,32,34,37H,3,8,13,20-21,23-24H2,1-2H3/t32?,34-/m1/s1. The Kier molecular flexibility index (Phi) is 8.83. The summed E-state index contributed by atoms with van der Waals surface area (Å²) in [5, 5.41) is 11.0. The number of hydrogen-bond acceptors (Lipinski definition) is 4. The highest BCUT2D eigenvalue weighted by atomic mass is 32.2. The quantitative estimate of drug-likeness (QED) is 0.161. The first kappa shape index (κ1) is 26.5. The van der Waals surface area contributed by atoms with Crippen molar-refractivity contribution in [2.45, 2.75) is 69.5 Å². The highest BCUT2D eigenvalue weighted by Gasteiger charge is 2.31. The molecule has 3 nitrogen and oxygen atoms in total. The number of aliphatic hydroxyl groups excluding tert-OH is 1. The van der Waals surface area contributed by atoms with Gasteiger partial charge in [0, 0.05) is 28.7 Å². The minimum absolute atomic E-state index is 0.198. The zero-order valence-electron chi connectivity index (χ0n) is 22.5. The Balaban J connectivity index is 1.30. The Morgan fingerprint density at radius 2 is 1.71 bits per heavy atom. The molecule has 0 aliphatic heterocycles. The summed E-state index contributed by atoms with van der Waals surface area (Å²) in [6.07, 6.45) is 3.64. The molecule has 1 aromatic heterocycles. The number of aliphatic hydroxyl groups is 1. The van der Waals surface area contributed by atoms with Crippen molar-refractivity contribution in [1.29, 1.82) is 0 Å². The fraction of sp³-hybridized carbons (Fsp3) is 0.324. The molecule has 1 unspecified atom stereocenters. The Bertz CT molecular complexity index is 1320. The summed E-state index contributed by atoms with van der Waals surface area (Å²) in [4.78, 5) is 8.52. The van der Waals surface area contributed by atoms with Gasteiger partial charge in [0.05, 0.1) is 18.3 Å². The van der Waals surface area contributed by atoms with E-state index in [0.717, 1.165) is 55.9 Å². The molecule has 0 radical (unpaired) electrons. The van der Waals surface area contributed by atoms with Gasteiger partial charge in [0.15, 0.2) is 0 Å². The Labute approximate surface area is 232 Å². The van der Waals surface area contributed by atoms with Gasteiger partial charge < -0.3 is 10.0 Å². The molecular formula is C34H38N2OS. The Morgan fingerprint density at radius 3 is 2.47 bits per heavy atom. The van der Waals surface area contributed by atoms with Gasteiger partial charge >= 0.3 is 0 Å². The van der Waals surface area contributed by atoms with E-state index in [1.165, 1.54) is 32.8 Å². The van der Waals surface area contributed by atoms with Gasteiger partial charge in [-0.15, -0.1) is 11.8 Å². The molecule has 1 aliphatic rings. The van der Waals surface area contributed by atoms with E-state index in [1.54, 1.807) is 0 Å². The summed E-state index contributed by atoms with van der Waals surface area (Å²) in [7, 11) is 0. The number of pyridine rings is 1. The molecule has 4 heteroatoms. The monoisotopic (exact) mass is 522 g/mol. The van der Waals surface area contributed by atoms with Crippen LogP contribution in [0.4, 0.5) is 5.69 Å². The molecule has 38 heavy (non-hydrogen) atoms. The average molecular weight is 523 g/mol. The zero-order valence-corrected chi connectivity index (χ0v) is 23.3. The van der Waals surface area contributed by atoms with Crippen LogP contribution in [0.3, 0.4) is 0 Å². The van der Waals surface area contributed by atoms with E-state index in [1.807, 2.05) is 24.8 Å². The number of aryl methyl sites for hydroxylation is 2. The van der Waals surface area contributed by atoms with Crippen LogP contribution in [0, 0.1) is 6.92 Å². The lowest BCUT2D eigenvalue weighted by Gasteiger charge is -2.26. The van der Waals surface area contributed by atoms with Crippen molar-refractivity contribution in [3.63, 3.8) is 0 Å². The SMILES string of the molecule is CCc1ccc(SCCCC2c3cc(N(Cc4ccccc4)Cc4cccc(C)n4)ccc3C[C@H]2O)cc1. The van der Waals surface area contributed by atoms with Crippen molar-refractivity contribution in [2.75, 3.05) is 10.7 Å². The zero-order chi connectivity index (χ0) is 26.3. The summed E-state index contributed by atoms with van der Waals surface area (Å²) in [5.74, 6) is 1.27. The van der Waals surface area contributed by atoms with Crippen LogP contribution in [0.2, 0.25) is 0 Å². The third-order valence-corrected chi connectivity index (χ3v) is 8.66. The van der Waals surface area contributed by atoms with E-state index < -0.39 is 0 Å². The van der Waals surface area contributed by atoms with E-state index in [-0.39, 0.29) is 12.0 Å². The van der Waals surface area contributed by atoms with Crippen LogP contribution in [-0.4, -0.2) is 21.9 Å². The molecule has 0 fully saturated rings. The van der Waals surface area contributed by atoms with Gasteiger partial charge in [0.2, 0.25) is 0 Å². The smallest absolute Gasteiger partial charge is 0.0649 e. The van der Waals surface area contributed by atoms with Crippen LogP contribution >= 0.6 is 11.8 Å². The number of anilines is 1. The van der Waals surface area contributed by atoms with Gasteiger partial charge in [0.25, 0.3) is 0 Å². The second kappa shape index (κ2) is 12.6. The van der Waals surface area contributed by atoms with Crippen molar-refractivity contribution < 1.29 is 5.11 Å². The Hall–Kier alpha value is -3.08. The molecule has 1 heterocycles. The van der Waals surface area contributed by atoms with Gasteiger partial charge in [-0.1, -0.05) is 61.5 Å². The summed E-state index contributed by atoms with van der Waals surface area (Å²) in [6, 6.07) is 32.6. The lowest BCUT2D eigenvalue weighted by molar-refractivity contribution is 0.152. The van der Waals surface area contributed by atoms with Gasteiger partial charge in [0.1, 0.15) is 0 Å². The van der Waals surface area contributed by atoms with Crippen LogP contribution in [0.1, 0.15) is 59.3 Å². The molecule has 3 aromatic carbocycles. The van der Waals surface area contributed by atoms with Crippen molar-refractivity contribution >= 4 is 17.4 Å². The number of rotatable bonds is 11. The predicted molar refractivity (Wildman–Crippen MR) is 160 cm³/mol. The van der Waals surface area contributed by atoms with E-state index in [0.29, 0.717) is 0 Å². The first-order valence-corrected chi connectivity index (χ1v) is 14.8. The van der Waals surface area contributed by atoms with E-state index in [4.69, 9.17) is 4.98 Å². The maximum Gasteiger partial charge on any atom is 0.0649 e. The van der Waals surface area contributed by atoms with E-state index >= 15 is 0 Å². The maximum absolute atomic E-state index is 11.0. The fourth-order valence-corrected chi connectivity index (χ4v) is 6.35. The topological polar surface area (TPSA) is 36.4 Å². The number of nitrogens with zero attached hydrogens (tertiary/aromatic N) is 2. The number of hydrogen-bond donors (Lipinski definition) is 1. The van der Waals surface area contributed by atoms with Crippen LogP contribution < -0.4 is 4.90 Å². The van der Waals surface area contributed by atoms with Crippen molar-refractivity contribution in [3.8, 4) is 0 Å². The van der Waals surface area contributed by atoms with Gasteiger partial charge in [-0.05, 0) is 97.0 Å². The largest absolute Gasteiger partial charge is 0.392 e. The molecule has 1 N–H and O–H groups in total. The number of fused-ring (bicyclic) bond motifs is 1. The molecule has 5 rings (SSSR count). The summed E-state index contributed by atoms with van der Waals surface area (Å²) in [5.41, 5.74) is 8.59. The molecular weight excluding hydrogens is 484 g/mol. The minimum Gasteiger partial charge on any atom is -0.392 e. The van der Waals surface area contributed by atoms with Crippen molar-refractivity contribution in [2.24, 2.45) is 0 Å². The first-order valence-electron chi connectivity index (χ1n) is 13.8. The summed E-state index contributed by atoms with van der Waals surface area (Å²) < 4.78 is 0. The molecule has 4 aromatic rings. The lowest BCUT2D eigenvalue weighted by Crippen LogP contribution is -2.23.